The molecule has 10 heteroatoms. The molecule has 2 atom stereocenters. The lowest BCUT2D eigenvalue weighted by molar-refractivity contribution is -0.176. The Morgan fingerprint density at radius 1 is 0.625 bits per heavy atom. The van der Waals surface area contributed by atoms with Crippen molar-refractivity contribution in [1.82, 2.24) is 0 Å². The monoisotopic (exact) mass is 560 g/mol. The highest BCUT2D eigenvalue weighted by molar-refractivity contribution is 5.93. The van der Waals surface area contributed by atoms with Crippen LogP contribution in [-0.4, -0.2) is 48.7 Å². The first-order valence-electron chi connectivity index (χ1n) is 15.2. The van der Waals surface area contributed by atoms with Crippen LogP contribution in [0.5, 0.6) is 0 Å². The van der Waals surface area contributed by atoms with Crippen LogP contribution in [0.25, 0.3) is 0 Å². The van der Waals surface area contributed by atoms with Gasteiger partial charge in [0.2, 0.25) is 11.9 Å². The molecule has 4 aliphatic carbocycles. The standard InChI is InChI=1S/C30H40O10/c31-26(18-9-1-2-10-18)36-17-22(37-27(32)19-11-3-4-12-19)23-24(39-28(33)20-13-5-6-14-20)25(30(35)38-23)40-29(34)21-15-7-8-16-21/h18-23H,1-17H2/t22-,23+/m0/s1. The fourth-order valence-corrected chi connectivity index (χ4v) is 6.63. The topological polar surface area (TPSA) is 132 Å². The van der Waals surface area contributed by atoms with E-state index in [-0.39, 0.29) is 36.0 Å². The van der Waals surface area contributed by atoms with Crippen molar-refractivity contribution >= 4 is 29.8 Å². The van der Waals surface area contributed by atoms with E-state index in [1.807, 2.05) is 0 Å². The maximum absolute atomic E-state index is 13.1. The quantitative estimate of drug-likeness (QED) is 0.279. The number of carbonyl (C=O) groups excluding carboxylic acids is 5. The second-order valence-corrected chi connectivity index (χ2v) is 11.9. The molecule has 0 amide bonds. The summed E-state index contributed by atoms with van der Waals surface area (Å²) < 4.78 is 28.2. The van der Waals surface area contributed by atoms with Gasteiger partial charge in [-0.15, -0.1) is 0 Å². The second kappa shape index (κ2) is 13.2. The van der Waals surface area contributed by atoms with Gasteiger partial charge in [0.05, 0.1) is 23.7 Å². The number of esters is 5. The molecule has 0 radical (unpaired) electrons. The van der Waals surface area contributed by atoms with Gasteiger partial charge in [-0.2, -0.15) is 0 Å². The molecule has 5 aliphatic rings. The van der Waals surface area contributed by atoms with Gasteiger partial charge in [-0.1, -0.05) is 51.4 Å². The zero-order valence-electron chi connectivity index (χ0n) is 23.1. The Hall–Kier alpha value is -2.91. The molecule has 0 N–H and O–H groups in total. The number of hydrogen-bond acceptors (Lipinski definition) is 10. The van der Waals surface area contributed by atoms with E-state index >= 15 is 0 Å². The third-order valence-corrected chi connectivity index (χ3v) is 9.06. The smallest absolute Gasteiger partial charge is 0.379 e. The third kappa shape index (κ3) is 6.69. The minimum absolute atomic E-state index is 0.226. The van der Waals surface area contributed by atoms with Gasteiger partial charge < -0.3 is 23.7 Å². The molecule has 10 nitrogen and oxygen atoms in total. The van der Waals surface area contributed by atoms with Crippen LogP contribution in [0, 0.1) is 23.7 Å². The number of hydrogen-bond donors (Lipinski definition) is 0. The molecule has 1 aliphatic heterocycles. The minimum Gasteiger partial charge on any atom is -0.461 e. The van der Waals surface area contributed by atoms with Crippen molar-refractivity contribution in [3.05, 3.63) is 11.5 Å². The van der Waals surface area contributed by atoms with Gasteiger partial charge in [0.25, 0.3) is 5.76 Å². The van der Waals surface area contributed by atoms with Crippen molar-refractivity contribution in [3.63, 3.8) is 0 Å². The summed E-state index contributed by atoms with van der Waals surface area (Å²) in [5, 5.41) is 0. The molecule has 0 bridgehead atoms. The predicted octanol–water partition coefficient (Wildman–Crippen LogP) is 4.43. The fraction of sp³-hybridized carbons (Fsp3) is 0.767. The lowest BCUT2D eigenvalue weighted by atomic mass is 10.1. The summed E-state index contributed by atoms with van der Waals surface area (Å²) in [4.78, 5) is 64.8. The Kier molecular flexibility index (Phi) is 9.42. The predicted molar refractivity (Wildman–Crippen MR) is 138 cm³/mol. The molecule has 40 heavy (non-hydrogen) atoms. The van der Waals surface area contributed by atoms with Gasteiger partial charge in [0.1, 0.15) is 6.61 Å². The van der Waals surface area contributed by atoms with Gasteiger partial charge in [0.15, 0.2) is 6.10 Å². The SMILES string of the molecule is O=C1O[C@H]([C@H](COC(=O)C2CCCC2)OC(=O)C2CCCC2)C(OC(=O)C2CCCC2)=C1OC(=O)C1CCCC1. The first-order valence-corrected chi connectivity index (χ1v) is 15.2. The second-order valence-electron chi connectivity index (χ2n) is 11.9. The molecular weight excluding hydrogens is 520 g/mol. The summed E-state index contributed by atoms with van der Waals surface area (Å²) in [6, 6.07) is 0. The van der Waals surface area contributed by atoms with Crippen LogP contribution in [0.1, 0.15) is 103 Å². The Bertz CT molecular complexity index is 1010. The van der Waals surface area contributed by atoms with Crippen LogP contribution >= 0.6 is 0 Å². The summed E-state index contributed by atoms with van der Waals surface area (Å²) in [6.07, 6.45) is 10.1. The van der Waals surface area contributed by atoms with Crippen molar-refractivity contribution in [2.75, 3.05) is 6.61 Å². The molecule has 0 aromatic carbocycles. The highest BCUT2D eigenvalue weighted by atomic mass is 16.7. The maximum Gasteiger partial charge on any atom is 0.379 e. The van der Waals surface area contributed by atoms with Crippen LogP contribution in [0.15, 0.2) is 11.5 Å². The molecule has 1 heterocycles. The molecule has 0 unspecified atom stereocenters. The molecule has 4 saturated carbocycles. The first kappa shape index (κ1) is 28.6. The van der Waals surface area contributed by atoms with E-state index in [1.165, 1.54) is 0 Å². The molecular formula is C30H40O10. The van der Waals surface area contributed by atoms with Crippen LogP contribution in [0.3, 0.4) is 0 Å². The van der Waals surface area contributed by atoms with Gasteiger partial charge in [0, 0.05) is 0 Å². The maximum atomic E-state index is 13.1. The third-order valence-electron chi connectivity index (χ3n) is 9.06. The normalized spacial score (nSPS) is 25.3. The molecule has 0 saturated heterocycles. The van der Waals surface area contributed by atoms with Crippen LogP contribution in [0.4, 0.5) is 0 Å². The zero-order valence-corrected chi connectivity index (χ0v) is 23.1. The zero-order chi connectivity index (χ0) is 28.1. The first-order chi connectivity index (χ1) is 19.4. The molecule has 0 spiro atoms. The van der Waals surface area contributed by atoms with Crippen molar-refractivity contribution in [2.24, 2.45) is 23.7 Å². The molecule has 0 aromatic rings. The van der Waals surface area contributed by atoms with E-state index in [9.17, 15) is 24.0 Å². The summed E-state index contributed by atoms with van der Waals surface area (Å²) in [7, 11) is 0. The van der Waals surface area contributed by atoms with E-state index < -0.39 is 47.8 Å². The largest absolute Gasteiger partial charge is 0.461 e. The Labute approximate surface area is 234 Å². The van der Waals surface area contributed by atoms with E-state index in [0.29, 0.717) is 38.5 Å². The molecule has 4 fully saturated rings. The average Bonchev–Trinajstić information content (AvgIpc) is 3.79. The van der Waals surface area contributed by atoms with Crippen LogP contribution < -0.4 is 0 Å². The van der Waals surface area contributed by atoms with E-state index in [2.05, 4.69) is 0 Å². The lowest BCUT2D eigenvalue weighted by Gasteiger charge is -2.26. The highest BCUT2D eigenvalue weighted by Gasteiger charge is 2.48. The summed E-state index contributed by atoms with van der Waals surface area (Å²) in [5.74, 6) is -4.99. The highest BCUT2D eigenvalue weighted by Crippen LogP contribution is 2.36. The van der Waals surface area contributed by atoms with Gasteiger partial charge in [-0.25, -0.2) is 4.79 Å². The van der Waals surface area contributed by atoms with E-state index in [1.54, 1.807) is 0 Å². The molecule has 0 aromatic heterocycles. The lowest BCUT2D eigenvalue weighted by Crippen LogP contribution is -2.40. The molecule has 220 valence electrons. The number of ether oxygens (including phenoxy) is 5. The van der Waals surface area contributed by atoms with E-state index in [0.717, 1.165) is 64.2 Å². The summed E-state index contributed by atoms with van der Waals surface area (Å²) >= 11 is 0. The van der Waals surface area contributed by atoms with Gasteiger partial charge in [-0.3, -0.25) is 19.2 Å². The minimum atomic E-state index is -1.38. The summed E-state index contributed by atoms with van der Waals surface area (Å²) in [6.45, 7) is -0.375. The summed E-state index contributed by atoms with van der Waals surface area (Å²) in [5.41, 5.74) is 0. The number of carbonyl (C=O) groups is 5. The number of rotatable bonds is 10. The van der Waals surface area contributed by atoms with Crippen LogP contribution in [-0.2, 0) is 47.7 Å². The van der Waals surface area contributed by atoms with Crippen molar-refractivity contribution < 1.29 is 47.7 Å². The Morgan fingerprint density at radius 3 is 1.55 bits per heavy atom. The van der Waals surface area contributed by atoms with E-state index in [4.69, 9.17) is 23.7 Å². The van der Waals surface area contributed by atoms with Gasteiger partial charge >= 0.3 is 29.8 Å². The average molecular weight is 561 g/mol. The Morgan fingerprint density at radius 2 is 1.05 bits per heavy atom. The van der Waals surface area contributed by atoms with Crippen LogP contribution in [0.2, 0.25) is 0 Å². The van der Waals surface area contributed by atoms with Crippen molar-refractivity contribution in [2.45, 2.75) is 115 Å². The Balaban J connectivity index is 1.39. The number of cyclic esters (lactones) is 1. The van der Waals surface area contributed by atoms with Gasteiger partial charge in [-0.05, 0) is 51.4 Å². The van der Waals surface area contributed by atoms with Crippen molar-refractivity contribution in [3.8, 4) is 0 Å². The molecule has 5 rings (SSSR count). The fourth-order valence-electron chi connectivity index (χ4n) is 6.63. The van der Waals surface area contributed by atoms with Crippen molar-refractivity contribution in [1.29, 1.82) is 0 Å².